The number of nitrogens with zero attached hydrogens (tertiary/aromatic N) is 3. The third-order valence-electron chi connectivity index (χ3n) is 4.96. The second-order valence-electron chi connectivity index (χ2n) is 6.74. The van der Waals surface area contributed by atoms with Gasteiger partial charge >= 0.3 is 0 Å². The second-order valence-corrected chi connectivity index (χ2v) is 6.74. The molecule has 1 atom stereocenters. The van der Waals surface area contributed by atoms with E-state index in [0.29, 0.717) is 11.5 Å². The first-order valence-electron chi connectivity index (χ1n) is 8.77. The van der Waals surface area contributed by atoms with E-state index in [9.17, 15) is 8.78 Å². The molecule has 3 rings (SSSR count). The molecule has 2 fully saturated rings. The molecule has 0 spiro atoms. The number of hydrogen-bond donors (Lipinski definition) is 1. The van der Waals surface area contributed by atoms with E-state index in [1.54, 1.807) is 7.05 Å². The van der Waals surface area contributed by atoms with E-state index in [2.05, 4.69) is 20.1 Å². The van der Waals surface area contributed by atoms with Crippen LogP contribution in [0.15, 0.2) is 23.2 Å². The van der Waals surface area contributed by atoms with Gasteiger partial charge in [0.25, 0.3) is 0 Å². The van der Waals surface area contributed by atoms with Crippen molar-refractivity contribution in [3.05, 3.63) is 35.4 Å². The van der Waals surface area contributed by atoms with Gasteiger partial charge in [-0.3, -0.25) is 4.99 Å². The highest BCUT2D eigenvalue weighted by Crippen LogP contribution is 2.20. The molecule has 0 aromatic heterocycles. The van der Waals surface area contributed by atoms with Crippen molar-refractivity contribution >= 4 is 29.9 Å². The zero-order chi connectivity index (χ0) is 16.9. The van der Waals surface area contributed by atoms with E-state index in [1.807, 2.05) is 0 Å². The summed E-state index contributed by atoms with van der Waals surface area (Å²) in [5.41, 5.74) is 0.323. The van der Waals surface area contributed by atoms with Crippen LogP contribution in [0.3, 0.4) is 0 Å². The third-order valence-corrected chi connectivity index (χ3v) is 4.96. The molecule has 140 valence electrons. The van der Waals surface area contributed by atoms with Gasteiger partial charge in [0.1, 0.15) is 11.6 Å². The molecule has 25 heavy (non-hydrogen) atoms. The molecule has 0 bridgehead atoms. The number of aliphatic imine (C=N–C) groups is 1. The van der Waals surface area contributed by atoms with Crippen molar-refractivity contribution in [1.82, 2.24) is 15.1 Å². The summed E-state index contributed by atoms with van der Waals surface area (Å²) in [4.78, 5) is 9.07. The Bertz CT molecular complexity index is 590. The topological polar surface area (TPSA) is 30.9 Å². The summed E-state index contributed by atoms with van der Waals surface area (Å²) in [5, 5.41) is 3.17. The molecular formula is C18H27F2IN4. The molecule has 0 saturated carbocycles. The molecule has 4 nitrogen and oxygen atoms in total. The van der Waals surface area contributed by atoms with E-state index in [4.69, 9.17) is 0 Å². The van der Waals surface area contributed by atoms with E-state index in [1.165, 1.54) is 32.0 Å². The van der Waals surface area contributed by atoms with Crippen LogP contribution in [0.1, 0.15) is 24.8 Å². The zero-order valence-electron chi connectivity index (χ0n) is 14.7. The van der Waals surface area contributed by atoms with Crippen LogP contribution in [-0.4, -0.2) is 55.5 Å². The molecule has 0 aliphatic carbocycles. The summed E-state index contributed by atoms with van der Waals surface area (Å²) in [6, 6.07) is 3.53. The highest BCUT2D eigenvalue weighted by Gasteiger charge is 2.27. The Hall–Kier alpha value is -0.960. The molecule has 1 N–H and O–H groups in total. The summed E-state index contributed by atoms with van der Waals surface area (Å²) in [7, 11) is 1.73. The van der Waals surface area contributed by atoms with E-state index < -0.39 is 11.6 Å². The maximum absolute atomic E-state index is 13.7. The Kier molecular flexibility index (Phi) is 7.86. The van der Waals surface area contributed by atoms with Crippen molar-refractivity contribution in [1.29, 1.82) is 0 Å². The average molecular weight is 464 g/mol. The molecular weight excluding hydrogens is 437 g/mol. The molecule has 2 saturated heterocycles. The molecule has 0 amide bonds. The van der Waals surface area contributed by atoms with Gasteiger partial charge in [-0.25, -0.2) is 8.78 Å². The predicted molar refractivity (Wildman–Crippen MR) is 107 cm³/mol. The second kappa shape index (κ2) is 9.66. The molecule has 0 radical (unpaired) electrons. The SMILES string of the molecule is CN=C(NCc1cc(F)ccc1F)N1CCC(CN2CCCC2)C1.I. The summed E-state index contributed by atoms with van der Waals surface area (Å²) in [6.45, 7) is 5.78. The lowest BCUT2D eigenvalue weighted by atomic mass is 10.1. The lowest BCUT2D eigenvalue weighted by Gasteiger charge is -2.23. The van der Waals surface area contributed by atoms with Gasteiger partial charge in [-0.05, 0) is 56.5 Å². The van der Waals surface area contributed by atoms with Gasteiger partial charge in [-0.15, -0.1) is 24.0 Å². The number of hydrogen-bond acceptors (Lipinski definition) is 2. The Morgan fingerprint density at radius 2 is 2.00 bits per heavy atom. The van der Waals surface area contributed by atoms with Gasteiger partial charge in [-0.1, -0.05) is 0 Å². The standard InChI is InChI=1S/C18H26F2N4.HI/c1-21-18(22-11-15-10-16(19)4-5-17(15)20)24-9-6-14(13-24)12-23-7-2-3-8-23;/h4-5,10,14H,2-3,6-9,11-13H2,1H3,(H,21,22);1H. The van der Waals surface area contributed by atoms with Crippen LogP contribution in [0.2, 0.25) is 0 Å². The molecule has 2 aliphatic heterocycles. The van der Waals surface area contributed by atoms with Gasteiger partial charge in [0.05, 0.1) is 0 Å². The number of rotatable bonds is 4. The van der Waals surface area contributed by atoms with Crippen LogP contribution in [0.4, 0.5) is 8.78 Å². The summed E-state index contributed by atoms with van der Waals surface area (Å²) >= 11 is 0. The highest BCUT2D eigenvalue weighted by molar-refractivity contribution is 14.0. The van der Waals surface area contributed by atoms with Crippen LogP contribution >= 0.6 is 24.0 Å². The van der Waals surface area contributed by atoms with Gasteiger partial charge in [0, 0.05) is 38.8 Å². The molecule has 1 aromatic carbocycles. The van der Waals surface area contributed by atoms with Crippen LogP contribution in [0, 0.1) is 17.6 Å². The van der Waals surface area contributed by atoms with Crippen LogP contribution < -0.4 is 5.32 Å². The first-order valence-corrected chi connectivity index (χ1v) is 8.77. The Labute approximate surface area is 165 Å². The van der Waals surface area contributed by atoms with Crippen molar-refractivity contribution in [2.24, 2.45) is 10.9 Å². The normalized spacial score (nSPS) is 21.5. The van der Waals surface area contributed by atoms with Crippen molar-refractivity contribution in [2.75, 3.05) is 39.8 Å². The monoisotopic (exact) mass is 464 g/mol. The molecule has 2 aliphatic rings. The molecule has 7 heteroatoms. The molecule has 1 aromatic rings. The largest absolute Gasteiger partial charge is 0.352 e. The summed E-state index contributed by atoms with van der Waals surface area (Å²) in [5.74, 6) is 0.609. The Balaban J connectivity index is 0.00000225. The number of nitrogens with one attached hydrogen (secondary N) is 1. The van der Waals surface area contributed by atoms with Crippen molar-refractivity contribution in [3.8, 4) is 0 Å². The van der Waals surface area contributed by atoms with Gasteiger partial charge in [0.2, 0.25) is 0 Å². The quantitative estimate of drug-likeness (QED) is 0.422. The van der Waals surface area contributed by atoms with E-state index in [-0.39, 0.29) is 30.5 Å². The summed E-state index contributed by atoms with van der Waals surface area (Å²) < 4.78 is 27.0. The fourth-order valence-corrected chi connectivity index (χ4v) is 3.69. The van der Waals surface area contributed by atoms with Crippen LogP contribution in [0.25, 0.3) is 0 Å². The first-order chi connectivity index (χ1) is 11.7. The minimum atomic E-state index is -0.421. The summed E-state index contributed by atoms with van der Waals surface area (Å²) in [6.07, 6.45) is 3.79. The zero-order valence-corrected chi connectivity index (χ0v) is 17.0. The number of halogens is 3. The minimum Gasteiger partial charge on any atom is -0.352 e. The van der Waals surface area contributed by atoms with Gasteiger partial charge < -0.3 is 15.1 Å². The highest BCUT2D eigenvalue weighted by atomic mass is 127. The lowest BCUT2D eigenvalue weighted by Crippen LogP contribution is -2.40. The van der Waals surface area contributed by atoms with Crippen molar-refractivity contribution in [3.63, 3.8) is 0 Å². The minimum absolute atomic E-state index is 0. The molecule has 1 unspecified atom stereocenters. The van der Waals surface area contributed by atoms with Gasteiger partial charge in [-0.2, -0.15) is 0 Å². The van der Waals surface area contributed by atoms with Crippen LogP contribution in [0.5, 0.6) is 0 Å². The third kappa shape index (κ3) is 5.51. The van der Waals surface area contributed by atoms with Crippen LogP contribution in [-0.2, 0) is 6.54 Å². The van der Waals surface area contributed by atoms with Crippen molar-refractivity contribution < 1.29 is 8.78 Å². The Morgan fingerprint density at radius 1 is 1.24 bits per heavy atom. The van der Waals surface area contributed by atoms with Crippen molar-refractivity contribution in [2.45, 2.75) is 25.8 Å². The maximum Gasteiger partial charge on any atom is 0.193 e. The smallest absolute Gasteiger partial charge is 0.193 e. The average Bonchev–Trinajstić information content (AvgIpc) is 3.24. The van der Waals surface area contributed by atoms with E-state index in [0.717, 1.165) is 44.1 Å². The number of likely N-dealkylation sites (tertiary alicyclic amines) is 2. The Morgan fingerprint density at radius 3 is 2.72 bits per heavy atom. The first kappa shape index (κ1) is 20.4. The van der Waals surface area contributed by atoms with E-state index >= 15 is 0 Å². The fraction of sp³-hybridized carbons (Fsp3) is 0.611. The number of guanidine groups is 1. The fourth-order valence-electron chi connectivity index (χ4n) is 3.69. The predicted octanol–water partition coefficient (Wildman–Crippen LogP) is 3.08. The number of benzene rings is 1. The molecule has 2 heterocycles. The lowest BCUT2D eigenvalue weighted by molar-refractivity contribution is 0.281. The maximum atomic E-state index is 13.7. The van der Waals surface area contributed by atoms with Gasteiger partial charge in [0.15, 0.2) is 5.96 Å².